The minimum absolute atomic E-state index is 0.0251. The largest absolute Gasteiger partial charge is 0.507 e. The number of nitrogens with one attached hydrogen (secondary N) is 2. The van der Waals surface area contributed by atoms with Crippen molar-refractivity contribution >= 4 is 42.3 Å². The second kappa shape index (κ2) is 7.25. The predicted molar refractivity (Wildman–Crippen MR) is 114 cm³/mol. The van der Waals surface area contributed by atoms with Gasteiger partial charge in [-0.3, -0.25) is 4.79 Å². The maximum absolute atomic E-state index is 14.7. The summed E-state index contributed by atoms with van der Waals surface area (Å²) < 4.78 is 39.9. The van der Waals surface area contributed by atoms with Crippen molar-refractivity contribution in [1.82, 2.24) is 9.71 Å². The third-order valence-corrected chi connectivity index (χ3v) is 6.31. The van der Waals surface area contributed by atoms with Gasteiger partial charge in [-0.25, -0.2) is 17.5 Å². The fraction of sp³-hybridized carbons (Fsp3) is 0.150. The zero-order valence-electron chi connectivity index (χ0n) is 15.3. The van der Waals surface area contributed by atoms with Gasteiger partial charge < -0.3 is 10.1 Å². The average Bonchev–Trinajstić information content (AvgIpc) is 3.13. The van der Waals surface area contributed by atoms with Crippen LogP contribution in [0, 0.1) is 5.82 Å². The summed E-state index contributed by atoms with van der Waals surface area (Å²) in [5.41, 5.74) is 1.60. The minimum Gasteiger partial charge on any atom is -0.507 e. The summed E-state index contributed by atoms with van der Waals surface area (Å²) in [5, 5.41) is 13.7. The van der Waals surface area contributed by atoms with E-state index >= 15 is 0 Å². The van der Waals surface area contributed by atoms with Crippen LogP contribution >= 0.6 is 11.3 Å². The number of hydrogen-bond acceptors (Lipinski definition) is 5. The Hall–Kier alpha value is -2.75. The van der Waals surface area contributed by atoms with Gasteiger partial charge in [-0.2, -0.15) is 0 Å². The molecular formula is C20H17FN2O4S2. The number of fused-ring (bicyclic) bond motifs is 3. The number of pyridine rings is 1. The first kappa shape index (κ1) is 19.6. The molecule has 0 bridgehead atoms. The third-order valence-electron chi connectivity index (χ3n) is 4.67. The first-order valence-corrected chi connectivity index (χ1v) is 11.5. The van der Waals surface area contributed by atoms with Crippen molar-refractivity contribution in [3.63, 3.8) is 0 Å². The Morgan fingerprint density at radius 1 is 1.21 bits per heavy atom. The van der Waals surface area contributed by atoms with Gasteiger partial charge in [0.1, 0.15) is 16.3 Å². The van der Waals surface area contributed by atoms with Crippen LogP contribution in [0.5, 0.6) is 5.75 Å². The molecule has 0 radical (unpaired) electrons. The highest BCUT2D eigenvalue weighted by Gasteiger charge is 2.16. The summed E-state index contributed by atoms with van der Waals surface area (Å²) in [5.74, 6) is -0.525. The van der Waals surface area contributed by atoms with Crippen LogP contribution in [-0.4, -0.2) is 31.3 Å². The molecule has 6 nitrogen and oxygen atoms in total. The van der Waals surface area contributed by atoms with Gasteiger partial charge in [0, 0.05) is 28.4 Å². The standard InChI is InChI=1S/C20H17FN2O4S2/c1-29(26,27)22-8-6-11-2-3-12(10-14(11)21)17-16(24)5-4-15-18(17)13-7-9-28-19(13)20(25)23-15/h2-5,7,9-10,22,24H,6,8H2,1H3,(H,23,25). The number of phenols is 1. The van der Waals surface area contributed by atoms with Crippen molar-refractivity contribution in [3.05, 3.63) is 63.5 Å². The van der Waals surface area contributed by atoms with Crippen LogP contribution in [-0.2, 0) is 16.4 Å². The monoisotopic (exact) mass is 432 g/mol. The van der Waals surface area contributed by atoms with Crippen molar-refractivity contribution < 1.29 is 17.9 Å². The van der Waals surface area contributed by atoms with E-state index in [1.54, 1.807) is 23.6 Å². The molecule has 4 aromatic rings. The van der Waals surface area contributed by atoms with Crippen LogP contribution in [0.15, 0.2) is 46.6 Å². The zero-order valence-corrected chi connectivity index (χ0v) is 17.0. The SMILES string of the molecule is CS(=O)(=O)NCCc1ccc(-c2c(O)ccc3[nH]c(=O)c4sccc4c23)cc1F. The summed E-state index contributed by atoms with van der Waals surface area (Å²) in [6.45, 7) is 0.0887. The molecule has 4 rings (SSSR count). The van der Waals surface area contributed by atoms with Gasteiger partial charge in [-0.15, -0.1) is 11.3 Å². The number of H-pyrrole nitrogens is 1. The fourth-order valence-corrected chi connectivity index (χ4v) is 4.67. The van der Waals surface area contributed by atoms with Crippen molar-refractivity contribution in [1.29, 1.82) is 0 Å². The van der Waals surface area contributed by atoms with E-state index in [9.17, 15) is 22.7 Å². The van der Waals surface area contributed by atoms with Gasteiger partial charge in [0.2, 0.25) is 10.0 Å². The van der Waals surface area contributed by atoms with Gasteiger partial charge in [0.25, 0.3) is 5.56 Å². The number of aromatic hydroxyl groups is 1. The summed E-state index contributed by atoms with van der Waals surface area (Å²) in [4.78, 5) is 15.0. The third kappa shape index (κ3) is 3.76. The molecule has 0 fully saturated rings. The van der Waals surface area contributed by atoms with E-state index in [1.165, 1.54) is 23.5 Å². The molecule has 0 amide bonds. The van der Waals surface area contributed by atoms with Crippen LogP contribution in [0.4, 0.5) is 4.39 Å². The van der Waals surface area contributed by atoms with E-state index in [-0.39, 0.29) is 24.3 Å². The number of benzene rings is 2. The highest BCUT2D eigenvalue weighted by molar-refractivity contribution is 7.88. The number of phenolic OH excluding ortho intramolecular Hbond substituents is 1. The van der Waals surface area contributed by atoms with E-state index in [0.29, 0.717) is 37.7 Å². The lowest BCUT2D eigenvalue weighted by Gasteiger charge is -2.12. The molecule has 0 saturated carbocycles. The smallest absolute Gasteiger partial charge is 0.266 e. The molecule has 0 unspecified atom stereocenters. The molecule has 2 aromatic heterocycles. The quantitative estimate of drug-likeness (QED) is 0.450. The first-order valence-electron chi connectivity index (χ1n) is 8.73. The molecule has 0 aliphatic carbocycles. The van der Waals surface area contributed by atoms with Gasteiger partial charge in [-0.1, -0.05) is 12.1 Å². The first-order chi connectivity index (χ1) is 13.7. The predicted octanol–water partition coefficient (Wildman–Crippen LogP) is 3.35. The molecule has 3 N–H and O–H groups in total. The highest BCUT2D eigenvalue weighted by atomic mass is 32.2. The molecule has 150 valence electrons. The molecule has 0 saturated heterocycles. The summed E-state index contributed by atoms with van der Waals surface area (Å²) >= 11 is 1.30. The average molecular weight is 432 g/mol. The molecule has 0 aliphatic rings. The number of aromatic amines is 1. The van der Waals surface area contributed by atoms with E-state index in [4.69, 9.17) is 0 Å². The molecular weight excluding hydrogens is 415 g/mol. The Morgan fingerprint density at radius 2 is 2.00 bits per heavy atom. The zero-order chi connectivity index (χ0) is 20.8. The number of sulfonamides is 1. The molecule has 2 aromatic carbocycles. The van der Waals surface area contributed by atoms with E-state index in [2.05, 4.69) is 9.71 Å². The van der Waals surface area contributed by atoms with Crippen LogP contribution in [0.25, 0.3) is 32.1 Å². The van der Waals surface area contributed by atoms with Gasteiger partial charge in [0.05, 0.1) is 6.26 Å². The Balaban J connectivity index is 1.83. The Bertz CT molecular complexity index is 1410. The molecule has 29 heavy (non-hydrogen) atoms. The number of thiophene rings is 1. The Labute approximate surface area is 169 Å². The summed E-state index contributed by atoms with van der Waals surface area (Å²) in [6.07, 6.45) is 1.24. The van der Waals surface area contributed by atoms with E-state index in [1.807, 2.05) is 6.07 Å². The lowest BCUT2D eigenvalue weighted by atomic mass is 9.96. The molecule has 0 spiro atoms. The van der Waals surface area contributed by atoms with Gasteiger partial charge in [-0.05, 0) is 47.2 Å². The van der Waals surface area contributed by atoms with E-state index < -0.39 is 15.8 Å². The summed E-state index contributed by atoms with van der Waals surface area (Å²) in [6, 6.07) is 9.46. The van der Waals surface area contributed by atoms with Gasteiger partial charge >= 0.3 is 0 Å². The number of rotatable bonds is 5. The number of hydrogen-bond donors (Lipinski definition) is 3. The van der Waals surface area contributed by atoms with Crippen LogP contribution in [0.3, 0.4) is 0 Å². The second-order valence-corrected chi connectivity index (χ2v) is 9.47. The Morgan fingerprint density at radius 3 is 2.72 bits per heavy atom. The highest BCUT2D eigenvalue weighted by Crippen LogP contribution is 2.40. The molecule has 0 atom stereocenters. The second-order valence-electron chi connectivity index (χ2n) is 6.72. The Kier molecular flexibility index (Phi) is 4.89. The van der Waals surface area contributed by atoms with Crippen molar-refractivity contribution in [2.45, 2.75) is 6.42 Å². The number of aromatic nitrogens is 1. The maximum Gasteiger partial charge on any atom is 0.266 e. The fourth-order valence-electron chi connectivity index (χ4n) is 3.41. The van der Waals surface area contributed by atoms with Gasteiger partial charge in [0.15, 0.2) is 0 Å². The van der Waals surface area contributed by atoms with Crippen LogP contribution in [0.1, 0.15) is 5.56 Å². The lowest BCUT2D eigenvalue weighted by Crippen LogP contribution is -2.24. The normalized spacial score (nSPS) is 12.1. The van der Waals surface area contributed by atoms with Crippen molar-refractivity contribution in [2.75, 3.05) is 12.8 Å². The lowest BCUT2D eigenvalue weighted by molar-refractivity contribution is 0.478. The van der Waals surface area contributed by atoms with Crippen LogP contribution < -0.4 is 10.3 Å². The maximum atomic E-state index is 14.7. The van der Waals surface area contributed by atoms with Crippen LogP contribution in [0.2, 0.25) is 0 Å². The minimum atomic E-state index is -3.34. The molecule has 9 heteroatoms. The van der Waals surface area contributed by atoms with Crippen molar-refractivity contribution in [2.24, 2.45) is 0 Å². The molecule has 0 aliphatic heterocycles. The molecule has 2 heterocycles. The van der Waals surface area contributed by atoms with E-state index in [0.717, 1.165) is 6.26 Å². The number of halogens is 1. The van der Waals surface area contributed by atoms with Crippen molar-refractivity contribution in [3.8, 4) is 16.9 Å². The summed E-state index contributed by atoms with van der Waals surface area (Å²) in [7, 11) is -3.34. The topological polar surface area (TPSA) is 99.3 Å².